The van der Waals surface area contributed by atoms with E-state index in [1.165, 1.54) is 0 Å². The van der Waals surface area contributed by atoms with Crippen molar-refractivity contribution in [3.05, 3.63) is 69.7 Å². The highest BCUT2D eigenvalue weighted by atomic mass is 79.9. The van der Waals surface area contributed by atoms with Crippen LogP contribution < -0.4 is 5.32 Å². The van der Waals surface area contributed by atoms with Crippen molar-refractivity contribution >= 4 is 21.9 Å². The van der Waals surface area contributed by atoms with Crippen LogP contribution in [0.4, 0.5) is 0 Å². The summed E-state index contributed by atoms with van der Waals surface area (Å²) in [7, 11) is 0. The highest BCUT2D eigenvalue weighted by Crippen LogP contribution is 2.17. The van der Waals surface area contributed by atoms with Crippen LogP contribution in [-0.4, -0.2) is 12.5 Å². The maximum atomic E-state index is 12.2. The second-order valence-corrected chi connectivity index (χ2v) is 6.00. The topological polar surface area (TPSA) is 38.3 Å². The Balaban J connectivity index is 1.99. The van der Waals surface area contributed by atoms with Gasteiger partial charge >= 0.3 is 5.97 Å². The van der Waals surface area contributed by atoms with Crippen molar-refractivity contribution in [2.45, 2.75) is 26.5 Å². The molecule has 0 bridgehead atoms. The summed E-state index contributed by atoms with van der Waals surface area (Å²) in [5.74, 6) is -0.304. The minimum Gasteiger partial charge on any atom is -0.457 e. The number of hydrogen-bond donors (Lipinski definition) is 1. The maximum Gasteiger partial charge on any atom is 0.338 e. The van der Waals surface area contributed by atoms with Gasteiger partial charge in [-0.25, -0.2) is 4.79 Å². The molecule has 2 aromatic carbocycles. The fourth-order valence-corrected chi connectivity index (χ4v) is 2.63. The molecule has 0 heterocycles. The fraction of sp³-hybridized carbons (Fsp3) is 0.278. The average Bonchev–Trinajstić information content (AvgIpc) is 2.53. The molecule has 0 aliphatic heterocycles. The summed E-state index contributed by atoms with van der Waals surface area (Å²) in [5.41, 5.74) is 2.61. The molecule has 0 saturated heterocycles. The molecule has 0 aliphatic carbocycles. The molecule has 0 unspecified atom stereocenters. The van der Waals surface area contributed by atoms with Gasteiger partial charge in [0.05, 0.1) is 5.56 Å². The van der Waals surface area contributed by atoms with Crippen LogP contribution in [0.5, 0.6) is 0 Å². The molecular formula is C18H20BrNO2. The number of ether oxygens (including phenoxy) is 1. The van der Waals surface area contributed by atoms with Gasteiger partial charge in [0.15, 0.2) is 0 Å². The normalized spacial score (nSPS) is 10.5. The van der Waals surface area contributed by atoms with Crippen LogP contribution in [0.1, 0.15) is 34.8 Å². The molecule has 0 spiro atoms. The lowest BCUT2D eigenvalue weighted by atomic mass is 10.1. The van der Waals surface area contributed by atoms with Crippen molar-refractivity contribution < 1.29 is 9.53 Å². The lowest BCUT2D eigenvalue weighted by Gasteiger charge is -2.09. The largest absolute Gasteiger partial charge is 0.457 e. The quantitative estimate of drug-likeness (QED) is 0.589. The molecule has 2 rings (SSSR count). The zero-order valence-corrected chi connectivity index (χ0v) is 14.2. The molecule has 0 radical (unpaired) electrons. The standard InChI is InChI=1S/C18H20BrNO2/c1-2-8-20-12-15-9-16(11-17(19)10-15)18(21)22-13-14-6-4-3-5-7-14/h3-7,9-11,20H,2,8,12-13H2,1H3. The Morgan fingerprint density at radius 3 is 2.64 bits per heavy atom. The lowest BCUT2D eigenvalue weighted by molar-refractivity contribution is 0.0472. The van der Waals surface area contributed by atoms with Crippen molar-refractivity contribution in [1.29, 1.82) is 0 Å². The molecular weight excluding hydrogens is 342 g/mol. The molecule has 0 aliphatic rings. The first-order valence-electron chi connectivity index (χ1n) is 7.40. The summed E-state index contributed by atoms with van der Waals surface area (Å²) in [6, 6.07) is 15.4. The van der Waals surface area contributed by atoms with Crippen LogP contribution in [0, 0.1) is 0 Å². The van der Waals surface area contributed by atoms with Gasteiger partial charge in [0.1, 0.15) is 6.61 Å². The van der Waals surface area contributed by atoms with Crippen LogP contribution in [0.15, 0.2) is 53.0 Å². The van der Waals surface area contributed by atoms with Crippen LogP contribution in [0.2, 0.25) is 0 Å². The summed E-state index contributed by atoms with van der Waals surface area (Å²) in [6.45, 7) is 4.11. The molecule has 0 saturated carbocycles. The number of benzene rings is 2. The number of hydrogen-bond acceptors (Lipinski definition) is 3. The van der Waals surface area contributed by atoms with Crippen molar-refractivity contribution in [2.24, 2.45) is 0 Å². The predicted molar refractivity (Wildman–Crippen MR) is 91.7 cm³/mol. The van der Waals surface area contributed by atoms with Gasteiger partial charge in [-0.15, -0.1) is 0 Å². The summed E-state index contributed by atoms with van der Waals surface area (Å²) >= 11 is 3.45. The van der Waals surface area contributed by atoms with E-state index in [2.05, 4.69) is 28.2 Å². The molecule has 2 aromatic rings. The molecule has 0 amide bonds. The predicted octanol–water partition coefficient (Wildman–Crippen LogP) is 4.31. The lowest BCUT2D eigenvalue weighted by Crippen LogP contribution is -2.14. The Labute approximate surface area is 139 Å². The molecule has 0 atom stereocenters. The number of carbonyl (C=O) groups excluding carboxylic acids is 1. The highest BCUT2D eigenvalue weighted by Gasteiger charge is 2.10. The van der Waals surface area contributed by atoms with E-state index in [4.69, 9.17) is 4.74 Å². The second-order valence-electron chi connectivity index (χ2n) is 5.09. The number of esters is 1. The summed E-state index contributed by atoms with van der Waals surface area (Å²) in [5, 5.41) is 3.33. The first-order chi connectivity index (χ1) is 10.7. The van der Waals surface area contributed by atoms with E-state index < -0.39 is 0 Å². The second kappa shape index (κ2) is 8.71. The zero-order valence-electron chi connectivity index (χ0n) is 12.6. The monoisotopic (exact) mass is 361 g/mol. The van der Waals surface area contributed by atoms with E-state index in [0.29, 0.717) is 5.56 Å². The third kappa shape index (κ3) is 5.28. The number of halogens is 1. The van der Waals surface area contributed by atoms with E-state index in [-0.39, 0.29) is 12.6 Å². The maximum absolute atomic E-state index is 12.2. The molecule has 1 N–H and O–H groups in total. The van der Waals surface area contributed by atoms with Gasteiger partial charge in [0.2, 0.25) is 0 Å². The van der Waals surface area contributed by atoms with Crippen LogP contribution in [-0.2, 0) is 17.9 Å². The third-order valence-corrected chi connectivity index (χ3v) is 3.62. The van der Waals surface area contributed by atoms with Gasteiger partial charge in [-0.2, -0.15) is 0 Å². The Kier molecular flexibility index (Phi) is 6.62. The minimum atomic E-state index is -0.304. The zero-order chi connectivity index (χ0) is 15.8. The number of rotatable bonds is 7. The Morgan fingerprint density at radius 1 is 1.14 bits per heavy atom. The van der Waals surface area contributed by atoms with Gasteiger partial charge in [-0.3, -0.25) is 0 Å². The summed E-state index contributed by atoms with van der Waals surface area (Å²) < 4.78 is 6.25. The van der Waals surface area contributed by atoms with Crippen molar-refractivity contribution in [3.8, 4) is 0 Å². The molecule has 0 fully saturated rings. The van der Waals surface area contributed by atoms with Crippen LogP contribution >= 0.6 is 15.9 Å². The Hall–Kier alpha value is -1.65. The van der Waals surface area contributed by atoms with Crippen LogP contribution in [0.25, 0.3) is 0 Å². The summed E-state index contributed by atoms with van der Waals surface area (Å²) in [6.07, 6.45) is 1.08. The smallest absolute Gasteiger partial charge is 0.338 e. The van der Waals surface area contributed by atoms with Gasteiger partial charge in [0, 0.05) is 11.0 Å². The average molecular weight is 362 g/mol. The first-order valence-corrected chi connectivity index (χ1v) is 8.19. The molecule has 22 heavy (non-hydrogen) atoms. The van der Waals surface area contributed by atoms with Gasteiger partial charge in [-0.05, 0) is 42.3 Å². The van der Waals surface area contributed by atoms with E-state index in [1.807, 2.05) is 42.5 Å². The van der Waals surface area contributed by atoms with Gasteiger partial charge in [-0.1, -0.05) is 53.2 Å². The Morgan fingerprint density at radius 2 is 1.91 bits per heavy atom. The van der Waals surface area contributed by atoms with Gasteiger partial charge < -0.3 is 10.1 Å². The summed E-state index contributed by atoms with van der Waals surface area (Å²) in [4.78, 5) is 12.2. The highest BCUT2D eigenvalue weighted by molar-refractivity contribution is 9.10. The molecule has 0 aromatic heterocycles. The van der Waals surface area contributed by atoms with E-state index in [9.17, 15) is 4.79 Å². The Bertz CT molecular complexity index is 614. The van der Waals surface area contributed by atoms with Gasteiger partial charge in [0.25, 0.3) is 0 Å². The molecule has 116 valence electrons. The van der Waals surface area contributed by atoms with Crippen LogP contribution in [0.3, 0.4) is 0 Å². The molecule has 4 heteroatoms. The fourth-order valence-electron chi connectivity index (χ4n) is 2.09. The van der Waals surface area contributed by atoms with E-state index >= 15 is 0 Å². The SMILES string of the molecule is CCCNCc1cc(Br)cc(C(=O)OCc2ccccc2)c1. The first kappa shape index (κ1) is 16.7. The van der Waals surface area contributed by atoms with E-state index in [1.54, 1.807) is 6.07 Å². The minimum absolute atomic E-state index is 0.287. The van der Waals surface area contributed by atoms with E-state index in [0.717, 1.165) is 35.1 Å². The third-order valence-electron chi connectivity index (χ3n) is 3.16. The van der Waals surface area contributed by atoms with Crippen molar-refractivity contribution in [1.82, 2.24) is 5.32 Å². The molecule has 3 nitrogen and oxygen atoms in total. The number of carbonyl (C=O) groups is 1. The number of nitrogens with one attached hydrogen (secondary N) is 1. The van der Waals surface area contributed by atoms with Crippen molar-refractivity contribution in [3.63, 3.8) is 0 Å². The van der Waals surface area contributed by atoms with Crippen molar-refractivity contribution in [2.75, 3.05) is 6.54 Å².